The number of nitrogen functional groups attached to an aromatic ring is 1. The fourth-order valence-corrected chi connectivity index (χ4v) is 3.52. The molecular weight excluding hydrogens is 370 g/mol. The number of amides is 3. The number of aryl methyl sites for hydroxylation is 1. The molecule has 0 unspecified atom stereocenters. The number of carbonyl (C=O) groups excluding carboxylic acids is 2. The number of anilines is 1. The third-order valence-corrected chi connectivity index (χ3v) is 4.94. The maximum absolute atomic E-state index is 12.2. The van der Waals surface area contributed by atoms with Crippen molar-refractivity contribution < 1.29 is 9.59 Å². The number of pyridine rings is 2. The molecule has 150 valence electrons. The summed E-state index contributed by atoms with van der Waals surface area (Å²) in [5, 5.41) is 2.80. The monoisotopic (exact) mass is 393 g/mol. The molecule has 29 heavy (non-hydrogen) atoms. The van der Waals surface area contributed by atoms with Crippen molar-refractivity contribution in [3.8, 4) is 0 Å². The normalized spacial score (nSPS) is 13.7. The first-order valence-corrected chi connectivity index (χ1v) is 9.76. The molecule has 3 N–H and O–H groups in total. The molecule has 3 amide bonds. The van der Waals surface area contributed by atoms with Gasteiger partial charge in [-0.1, -0.05) is 19.4 Å². The number of imide groups is 1. The number of urea groups is 1. The number of rotatable bonds is 6. The number of nitrogens with zero attached hydrogens (tertiary/aromatic N) is 5. The molecule has 4 heterocycles. The van der Waals surface area contributed by atoms with Gasteiger partial charge in [0.1, 0.15) is 22.4 Å². The van der Waals surface area contributed by atoms with E-state index < -0.39 is 6.03 Å². The van der Waals surface area contributed by atoms with Gasteiger partial charge < -0.3 is 15.6 Å². The van der Waals surface area contributed by atoms with E-state index in [2.05, 4.69) is 26.8 Å². The molecule has 9 heteroatoms. The molecule has 1 aliphatic rings. The predicted octanol–water partition coefficient (Wildman–Crippen LogP) is 2.36. The molecule has 4 rings (SSSR count). The summed E-state index contributed by atoms with van der Waals surface area (Å²) in [5.74, 6) is 1.03. The fraction of sp³-hybridized carbons (Fsp3) is 0.350. The lowest BCUT2D eigenvalue weighted by molar-refractivity contribution is -0.124. The Balaban J connectivity index is 1.66. The van der Waals surface area contributed by atoms with Gasteiger partial charge in [0.25, 0.3) is 0 Å². The summed E-state index contributed by atoms with van der Waals surface area (Å²) in [4.78, 5) is 38.7. The van der Waals surface area contributed by atoms with Crippen LogP contribution >= 0.6 is 0 Å². The minimum Gasteiger partial charge on any atom is -0.382 e. The van der Waals surface area contributed by atoms with Crippen LogP contribution in [0.25, 0.3) is 22.1 Å². The Kier molecular flexibility index (Phi) is 5.11. The molecule has 9 nitrogen and oxygen atoms in total. The van der Waals surface area contributed by atoms with Crippen molar-refractivity contribution in [2.45, 2.75) is 39.2 Å². The average Bonchev–Trinajstić information content (AvgIpc) is 3.31. The molecule has 0 aromatic carbocycles. The summed E-state index contributed by atoms with van der Waals surface area (Å²) in [7, 11) is 0. The number of hydrogen-bond acceptors (Lipinski definition) is 6. The number of unbranched alkanes of at least 4 members (excludes halogenated alkanes) is 1. The highest BCUT2D eigenvalue weighted by molar-refractivity contribution is 6.04. The summed E-state index contributed by atoms with van der Waals surface area (Å²) >= 11 is 0. The number of imidazole rings is 1. The molecule has 0 radical (unpaired) electrons. The van der Waals surface area contributed by atoms with Crippen molar-refractivity contribution in [1.29, 1.82) is 0 Å². The minimum absolute atomic E-state index is 0.228. The number of carbonyl (C=O) groups is 2. The summed E-state index contributed by atoms with van der Waals surface area (Å²) < 4.78 is 2.06. The van der Waals surface area contributed by atoms with Gasteiger partial charge in [-0.05, 0) is 18.6 Å². The van der Waals surface area contributed by atoms with E-state index in [1.807, 2.05) is 12.1 Å². The minimum atomic E-state index is -0.424. The standard InChI is InChI=1S/C20H23N7O2/c1-2-3-7-14-25-17-18(16-13(24-19(17)21)6-4-9-22-16)26(14)12-10-23-20(29)27-11-5-8-15(27)28/h4-6,9,11H,2-3,7-8,10,12H2,1H3,(H2,21,24)(H,23,29). The van der Waals surface area contributed by atoms with Crippen LogP contribution in [0.4, 0.5) is 10.6 Å². The number of aromatic nitrogens is 4. The van der Waals surface area contributed by atoms with E-state index in [0.29, 0.717) is 29.9 Å². The second-order valence-electron chi connectivity index (χ2n) is 6.93. The lowest BCUT2D eigenvalue weighted by Crippen LogP contribution is -2.39. The van der Waals surface area contributed by atoms with Crippen LogP contribution in [-0.2, 0) is 17.8 Å². The molecular formula is C20H23N7O2. The summed E-state index contributed by atoms with van der Waals surface area (Å²) in [5.41, 5.74) is 9.07. The first-order valence-electron chi connectivity index (χ1n) is 9.76. The smallest absolute Gasteiger partial charge is 0.328 e. The molecule has 0 bridgehead atoms. The van der Waals surface area contributed by atoms with Gasteiger partial charge in [-0.25, -0.2) is 19.7 Å². The molecule has 0 saturated carbocycles. The first-order chi connectivity index (χ1) is 14.1. The molecule has 1 aliphatic heterocycles. The van der Waals surface area contributed by atoms with Gasteiger partial charge in [-0.3, -0.25) is 9.78 Å². The van der Waals surface area contributed by atoms with E-state index >= 15 is 0 Å². The van der Waals surface area contributed by atoms with Gasteiger partial charge in [0.05, 0.1) is 5.52 Å². The van der Waals surface area contributed by atoms with Gasteiger partial charge in [0.15, 0.2) is 5.82 Å². The van der Waals surface area contributed by atoms with E-state index in [9.17, 15) is 9.59 Å². The highest BCUT2D eigenvalue weighted by Gasteiger charge is 2.22. The fourth-order valence-electron chi connectivity index (χ4n) is 3.52. The van der Waals surface area contributed by atoms with Crippen LogP contribution in [0, 0.1) is 0 Å². The third kappa shape index (κ3) is 3.51. The zero-order chi connectivity index (χ0) is 20.4. The molecule has 0 saturated heterocycles. The predicted molar refractivity (Wildman–Crippen MR) is 110 cm³/mol. The molecule has 3 aromatic rings. The topological polar surface area (TPSA) is 119 Å². The van der Waals surface area contributed by atoms with Crippen LogP contribution in [0.2, 0.25) is 0 Å². The van der Waals surface area contributed by atoms with E-state index in [-0.39, 0.29) is 12.3 Å². The largest absolute Gasteiger partial charge is 0.382 e. The van der Waals surface area contributed by atoms with E-state index in [1.165, 1.54) is 6.20 Å². The van der Waals surface area contributed by atoms with Crippen molar-refractivity contribution in [3.05, 3.63) is 36.4 Å². The van der Waals surface area contributed by atoms with E-state index in [4.69, 9.17) is 10.7 Å². The number of nitrogens with two attached hydrogens (primary N) is 1. The lowest BCUT2D eigenvalue weighted by atomic mass is 10.2. The second kappa shape index (κ2) is 7.86. The van der Waals surface area contributed by atoms with Crippen LogP contribution in [0.15, 0.2) is 30.6 Å². The van der Waals surface area contributed by atoms with Crippen LogP contribution in [0.1, 0.15) is 32.0 Å². The Hall–Kier alpha value is -3.49. The zero-order valence-corrected chi connectivity index (χ0v) is 16.3. The molecule has 3 aromatic heterocycles. The first kappa shape index (κ1) is 18.9. The molecule has 0 atom stereocenters. The Bertz CT molecular complexity index is 1120. The van der Waals surface area contributed by atoms with E-state index in [1.54, 1.807) is 12.3 Å². The molecule has 0 aliphatic carbocycles. The van der Waals surface area contributed by atoms with Crippen LogP contribution in [-0.4, -0.2) is 42.9 Å². The maximum atomic E-state index is 12.2. The van der Waals surface area contributed by atoms with Crippen molar-refractivity contribution in [3.63, 3.8) is 0 Å². The quantitative estimate of drug-likeness (QED) is 0.663. The Morgan fingerprint density at radius 2 is 2.17 bits per heavy atom. The number of fused-ring (bicyclic) bond motifs is 3. The zero-order valence-electron chi connectivity index (χ0n) is 16.3. The Morgan fingerprint density at radius 3 is 2.93 bits per heavy atom. The van der Waals surface area contributed by atoms with Crippen LogP contribution < -0.4 is 11.1 Å². The molecule has 0 spiro atoms. The van der Waals surface area contributed by atoms with Crippen molar-refractivity contribution in [2.75, 3.05) is 12.3 Å². The van der Waals surface area contributed by atoms with E-state index in [0.717, 1.165) is 41.0 Å². The van der Waals surface area contributed by atoms with Crippen molar-refractivity contribution in [1.82, 2.24) is 29.7 Å². The highest BCUT2D eigenvalue weighted by atomic mass is 16.2. The van der Waals surface area contributed by atoms with Gasteiger partial charge >= 0.3 is 6.03 Å². The summed E-state index contributed by atoms with van der Waals surface area (Å²) in [6, 6.07) is 3.27. The van der Waals surface area contributed by atoms with Crippen molar-refractivity contribution >= 4 is 39.8 Å². The summed E-state index contributed by atoms with van der Waals surface area (Å²) in [6.45, 7) is 2.96. The second-order valence-corrected chi connectivity index (χ2v) is 6.93. The van der Waals surface area contributed by atoms with Crippen molar-refractivity contribution in [2.24, 2.45) is 0 Å². The SMILES string of the molecule is CCCCc1nc2c(N)nc3cccnc3c2n1CCNC(=O)N1C=CCC1=O. The van der Waals surface area contributed by atoms with Gasteiger partial charge in [0, 0.05) is 38.3 Å². The lowest BCUT2D eigenvalue weighted by Gasteiger charge is -2.15. The number of hydrogen-bond donors (Lipinski definition) is 2. The van der Waals surface area contributed by atoms with Gasteiger partial charge in [0.2, 0.25) is 5.91 Å². The Morgan fingerprint density at radius 1 is 1.31 bits per heavy atom. The summed E-state index contributed by atoms with van der Waals surface area (Å²) in [6.07, 6.45) is 7.96. The third-order valence-electron chi connectivity index (χ3n) is 4.94. The van der Waals surface area contributed by atoms with Gasteiger partial charge in [-0.2, -0.15) is 0 Å². The average molecular weight is 393 g/mol. The highest BCUT2D eigenvalue weighted by Crippen LogP contribution is 2.27. The van der Waals surface area contributed by atoms with Gasteiger partial charge in [-0.15, -0.1) is 0 Å². The van der Waals surface area contributed by atoms with Crippen LogP contribution in [0.5, 0.6) is 0 Å². The van der Waals surface area contributed by atoms with Crippen LogP contribution in [0.3, 0.4) is 0 Å². The number of nitrogens with one attached hydrogen (secondary N) is 1. The maximum Gasteiger partial charge on any atom is 0.328 e. The molecule has 0 fully saturated rings. The Labute approximate surface area is 167 Å².